The van der Waals surface area contributed by atoms with E-state index in [0.29, 0.717) is 27.2 Å². The molecule has 6 nitrogen and oxygen atoms in total. The first kappa shape index (κ1) is 19.3. The number of aryl methyl sites for hydroxylation is 3. The Bertz CT molecular complexity index is 1410. The van der Waals surface area contributed by atoms with Gasteiger partial charge in [0.2, 0.25) is 0 Å². The fraction of sp³-hybridized carbons (Fsp3) is 0.125. The first-order valence-electron chi connectivity index (χ1n) is 9.90. The summed E-state index contributed by atoms with van der Waals surface area (Å²) in [6, 6.07) is 17.6. The van der Waals surface area contributed by atoms with E-state index in [-0.39, 0.29) is 5.91 Å². The summed E-state index contributed by atoms with van der Waals surface area (Å²) in [7, 11) is 0. The minimum absolute atomic E-state index is 0.218. The van der Waals surface area contributed by atoms with Gasteiger partial charge in [-0.25, -0.2) is 9.97 Å². The van der Waals surface area contributed by atoms with Crippen molar-refractivity contribution in [1.82, 2.24) is 14.4 Å². The van der Waals surface area contributed by atoms with E-state index in [2.05, 4.69) is 10.3 Å². The Morgan fingerprint density at radius 2 is 1.81 bits per heavy atom. The Hall–Kier alpha value is -3.71. The molecule has 5 aromatic rings. The van der Waals surface area contributed by atoms with Crippen LogP contribution in [0.1, 0.15) is 26.7 Å². The molecule has 7 heteroatoms. The topological polar surface area (TPSA) is 72.4 Å². The van der Waals surface area contributed by atoms with E-state index in [1.54, 1.807) is 0 Å². The Morgan fingerprint density at radius 3 is 2.55 bits per heavy atom. The molecule has 1 aromatic carbocycles. The highest BCUT2D eigenvalue weighted by atomic mass is 32.1. The minimum Gasteiger partial charge on any atom is -0.459 e. The Kier molecular flexibility index (Phi) is 4.67. The zero-order valence-electron chi connectivity index (χ0n) is 17.3. The van der Waals surface area contributed by atoms with Crippen molar-refractivity contribution in [3.8, 4) is 22.0 Å². The fourth-order valence-electron chi connectivity index (χ4n) is 3.55. The number of pyridine rings is 1. The van der Waals surface area contributed by atoms with Gasteiger partial charge < -0.3 is 9.73 Å². The molecule has 154 valence electrons. The van der Waals surface area contributed by atoms with E-state index in [0.717, 1.165) is 28.2 Å². The Labute approximate surface area is 183 Å². The molecule has 5 rings (SSSR count). The lowest BCUT2D eigenvalue weighted by Crippen LogP contribution is -2.14. The fourth-order valence-corrected chi connectivity index (χ4v) is 4.47. The quantitative estimate of drug-likeness (QED) is 0.387. The molecule has 0 bridgehead atoms. The number of hydrogen-bond acceptors (Lipinski definition) is 5. The van der Waals surface area contributed by atoms with E-state index in [9.17, 15) is 4.79 Å². The summed E-state index contributed by atoms with van der Waals surface area (Å²) in [5, 5.41) is 3.78. The van der Waals surface area contributed by atoms with Crippen LogP contribution in [0.3, 0.4) is 0 Å². The van der Waals surface area contributed by atoms with Gasteiger partial charge in [0, 0.05) is 11.8 Å². The zero-order chi connectivity index (χ0) is 21.5. The summed E-state index contributed by atoms with van der Waals surface area (Å²) in [5.41, 5.74) is 4.17. The van der Waals surface area contributed by atoms with Crippen molar-refractivity contribution in [2.45, 2.75) is 20.8 Å². The van der Waals surface area contributed by atoms with Gasteiger partial charge in [-0.05, 0) is 44.5 Å². The molecule has 0 aliphatic heterocycles. The first-order chi connectivity index (χ1) is 15.0. The van der Waals surface area contributed by atoms with Crippen molar-refractivity contribution < 1.29 is 9.21 Å². The maximum atomic E-state index is 13.3. The first-order valence-corrected chi connectivity index (χ1v) is 10.7. The van der Waals surface area contributed by atoms with Crippen LogP contribution in [0.2, 0.25) is 0 Å². The minimum atomic E-state index is -0.218. The number of nitrogens with one attached hydrogen (secondary N) is 1. The van der Waals surface area contributed by atoms with Crippen LogP contribution in [0.4, 0.5) is 5.82 Å². The predicted molar refractivity (Wildman–Crippen MR) is 123 cm³/mol. The molecule has 0 saturated heterocycles. The lowest BCUT2D eigenvalue weighted by molar-refractivity contribution is 0.102. The molecule has 0 radical (unpaired) electrons. The van der Waals surface area contributed by atoms with E-state index < -0.39 is 0 Å². The van der Waals surface area contributed by atoms with Gasteiger partial charge in [-0.15, -0.1) is 11.3 Å². The lowest BCUT2D eigenvalue weighted by Gasteiger charge is -2.07. The van der Waals surface area contributed by atoms with Gasteiger partial charge in [0.25, 0.3) is 5.91 Å². The number of thiazole rings is 1. The summed E-state index contributed by atoms with van der Waals surface area (Å²) in [5.74, 6) is 1.89. The molecule has 0 aliphatic rings. The maximum Gasteiger partial charge on any atom is 0.268 e. The third-order valence-electron chi connectivity index (χ3n) is 5.08. The van der Waals surface area contributed by atoms with Gasteiger partial charge in [-0.1, -0.05) is 36.4 Å². The molecule has 1 amide bonds. The number of anilines is 1. The number of fused-ring (bicyclic) bond motifs is 1. The van der Waals surface area contributed by atoms with Crippen molar-refractivity contribution in [2.75, 3.05) is 5.32 Å². The van der Waals surface area contributed by atoms with Gasteiger partial charge in [0.1, 0.15) is 27.8 Å². The van der Waals surface area contributed by atoms with E-state index >= 15 is 0 Å². The van der Waals surface area contributed by atoms with Crippen LogP contribution >= 0.6 is 11.3 Å². The van der Waals surface area contributed by atoms with Gasteiger partial charge in [-0.3, -0.25) is 9.20 Å². The molecule has 0 unspecified atom stereocenters. The Balaban J connectivity index is 1.57. The van der Waals surface area contributed by atoms with Crippen molar-refractivity contribution in [3.05, 3.63) is 82.7 Å². The third kappa shape index (κ3) is 3.43. The maximum absolute atomic E-state index is 13.3. The lowest BCUT2D eigenvalue weighted by atomic mass is 10.1. The molecule has 4 heterocycles. The predicted octanol–water partition coefficient (Wildman–Crippen LogP) is 5.90. The van der Waals surface area contributed by atoms with Gasteiger partial charge in [0.15, 0.2) is 10.8 Å². The normalized spacial score (nSPS) is 11.2. The number of amides is 1. The standard InChI is InChI=1S/C24H20N4O2S/c1-14-8-7-13-28-21(14)26-19(17-9-5-4-6-10-17)22(28)27-23(29)20-16(3)25-24(31-20)18-12-11-15(2)30-18/h4-13H,1-3H3,(H,27,29). The number of benzene rings is 1. The monoisotopic (exact) mass is 428 g/mol. The third-order valence-corrected chi connectivity index (χ3v) is 6.25. The SMILES string of the molecule is Cc1ccc(-c2nc(C)c(C(=O)Nc3c(-c4ccccc4)nc4c(C)cccn34)s2)o1. The highest BCUT2D eigenvalue weighted by molar-refractivity contribution is 7.17. The summed E-state index contributed by atoms with van der Waals surface area (Å²) < 4.78 is 7.59. The molecule has 0 atom stereocenters. The highest BCUT2D eigenvalue weighted by Gasteiger charge is 2.22. The Morgan fingerprint density at radius 1 is 1.00 bits per heavy atom. The summed E-state index contributed by atoms with van der Waals surface area (Å²) in [6.07, 6.45) is 1.91. The number of imidazole rings is 1. The molecule has 31 heavy (non-hydrogen) atoms. The number of carbonyl (C=O) groups excluding carboxylic acids is 1. The summed E-state index contributed by atoms with van der Waals surface area (Å²) in [6.45, 7) is 5.73. The van der Waals surface area contributed by atoms with Gasteiger partial charge >= 0.3 is 0 Å². The number of aromatic nitrogens is 3. The molecule has 0 saturated carbocycles. The molecule has 0 aliphatic carbocycles. The second-order valence-corrected chi connectivity index (χ2v) is 8.36. The van der Waals surface area contributed by atoms with Crippen LogP contribution in [0, 0.1) is 20.8 Å². The molecule has 1 N–H and O–H groups in total. The van der Waals surface area contributed by atoms with Crippen molar-refractivity contribution >= 4 is 28.7 Å². The van der Waals surface area contributed by atoms with Crippen LogP contribution in [0.5, 0.6) is 0 Å². The highest BCUT2D eigenvalue weighted by Crippen LogP contribution is 2.33. The average molecular weight is 429 g/mol. The molecular formula is C24H20N4O2S. The largest absolute Gasteiger partial charge is 0.459 e. The van der Waals surface area contributed by atoms with Crippen LogP contribution in [0.15, 0.2) is 65.2 Å². The number of carbonyl (C=O) groups is 1. The average Bonchev–Trinajstić information content (AvgIpc) is 3.47. The number of nitrogens with zero attached hydrogens (tertiary/aromatic N) is 3. The number of furan rings is 1. The number of hydrogen-bond donors (Lipinski definition) is 1. The van der Waals surface area contributed by atoms with E-state index in [1.807, 2.05) is 86.0 Å². The number of rotatable bonds is 4. The molecule has 4 aromatic heterocycles. The van der Waals surface area contributed by atoms with Gasteiger partial charge in [0.05, 0.1) is 5.69 Å². The van der Waals surface area contributed by atoms with E-state index in [4.69, 9.17) is 9.40 Å². The molecule has 0 spiro atoms. The van der Waals surface area contributed by atoms with Crippen molar-refractivity contribution in [1.29, 1.82) is 0 Å². The van der Waals surface area contributed by atoms with Crippen molar-refractivity contribution in [3.63, 3.8) is 0 Å². The molecule has 0 fully saturated rings. The van der Waals surface area contributed by atoms with Crippen LogP contribution in [0.25, 0.3) is 27.7 Å². The van der Waals surface area contributed by atoms with Crippen molar-refractivity contribution in [2.24, 2.45) is 0 Å². The molecular weight excluding hydrogens is 408 g/mol. The smallest absolute Gasteiger partial charge is 0.268 e. The zero-order valence-corrected chi connectivity index (χ0v) is 18.2. The van der Waals surface area contributed by atoms with Gasteiger partial charge in [-0.2, -0.15) is 0 Å². The van der Waals surface area contributed by atoms with E-state index in [1.165, 1.54) is 11.3 Å². The summed E-state index contributed by atoms with van der Waals surface area (Å²) >= 11 is 1.32. The second-order valence-electron chi connectivity index (χ2n) is 7.36. The van der Waals surface area contributed by atoms with Crippen LogP contribution in [-0.4, -0.2) is 20.3 Å². The van der Waals surface area contributed by atoms with Crippen LogP contribution in [-0.2, 0) is 0 Å². The second kappa shape index (κ2) is 7.52. The van der Waals surface area contributed by atoms with Crippen LogP contribution < -0.4 is 5.32 Å². The summed E-state index contributed by atoms with van der Waals surface area (Å²) in [4.78, 5) is 23.2.